The van der Waals surface area contributed by atoms with Crippen LogP contribution in [0.5, 0.6) is 0 Å². The molecule has 2 amide bonds. The minimum Gasteiger partial charge on any atom is -0.352 e. The van der Waals surface area contributed by atoms with E-state index in [1.54, 1.807) is 17.0 Å². The molecule has 0 spiro atoms. The Balaban J connectivity index is 1.69. The summed E-state index contributed by atoms with van der Waals surface area (Å²) < 4.78 is 0. The summed E-state index contributed by atoms with van der Waals surface area (Å²) in [6, 6.07) is 22.5. The Morgan fingerprint density at radius 2 is 1.64 bits per heavy atom. The number of hydrogen-bond donors (Lipinski definition) is 1. The molecule has 0 unspecified atom stereocenters. The van der Waals surface area contributed by atoms with Gasteiger partial charge in [0.2, 0.25) is 11.8 Å². The maximum Gasteiger partial charge on any atom is 0.243 e. The number of hydrogen-bond acceptors (Lipinski definition) is 2. The summed E-state index contributed by atoms with van der Waals surface area (Å²) in [4.78, 5) is 29.3. The predicted octanol–water partition coefficient (Wildman–Crippen LogP) is 6.54. The van der Waals surface area contributed by atoms with Crippen molar-refractivity contribution < 1.29 is 9.59 Å². The highest BCUT2D eigenvalue weighted by atomic mass is 35.5. The number of benzene rings is 3. The third-order valence-corrected chi connectivity index (χ3v) is 7.52. The number of nitrogens with zero attached hydrogens (tertiary/aromatic N) is 1. The van der Waals surface area contributed by atoms with Gasteiger partial charge >= 0.3 is 0 Å². The summed E-state index contributed by atoms with van der Waals surface area (Å²) in [6.45, 7) is 2.22. The van der Waals surface area contributed by atoms with Crippen molar-refractivity contribution in [3.8, 4) is 0 Å². The molecule has 1 N–H and O–H groups in total. The Morgan fingerprint density at radius 3 is 2.33 bits per heavy atom. The summed E-state index contributed by atoms with van der Waals surface area (Å²) in [7, 11) is 0. The molecule has 3 aromatic rings. The Bertz CT molecular complexity index is 1190. The Morgan fingerprint density at radius 1 is 0.944 bits per heavy atom. The topological polar surface area (TPSA) is 49.4 Å². The van der Waals surface area contributed by atoms with Crippen molar-refractivity contribution in [3.05, 3.63) is 105 Å². The summed E-state index contributed by atoms with van der Waals surface area (Å²) >= 11 is 12.6. The Hall–Kier alpha value is -2.82. The number of carbonyl (C=O) groups is 2. The molecule has 1 aliphatic rings. The van der Waals surface area contributed by atoms with E-state index >= 15 is 0 Å². The molecule has 1 fully saturated rings. The second-order valence-electron chi connectivity index (χ2n) is 9.56. The lowest BCUT2D eigenvalue weighted by molar-refractivity contribution is -0.141. The van der Waals surface area contributed by atoms with E-state index < -0.39 is 6.04 Å². The largest absolute Gasteiger partial charge is 0.352 e. The molecule has 0 heterocycles. The van der Waals surface area contributed by atoms with Gasteiger partial charge in [0, 0.05) is 29.1 Å². The van der Waals surface area contributed by atoms with Gasteiger partial charge in [-0.2, -0.15) is 0 Å². The fourth-order valence-corrected chi connectivity index (χ4v) is 5.30. The van der Waals surface area contributed by atoms with Crippen LogP contribution in [0.25, 0.3) is 0 Å². The van der Waals surface area contributed by atoms with E-state index in [0.717, 1.165) is 47.9 Å². The first-order chi connectivity index (χ1) is 17.4. The van der Waals surface area contributed by atoms with Crippen molar-refractivity contribution in [1.82, 2.24) is 10.2 Å². The molecule has 0 radical (unpaired) electrons. The van der Waals surface area contributed by atoms with Crippen molar-refractivity contribution >= 4 is 35.0 Å². The van der Waals surface area contributed by atoms with Crippen LogP contribution in [-0.2, 0) is 29.0 Å². The van der Waals surface area contributed by atoms with Gasteiger partial charge in [0.05, 0.1) is 6.42 Å². The van der Waals surface area contributed by atoms with Crippen LogP contribution in [0, 0.1) is 6.92 Å². The van der Waals surface area contributed by atoms with E-state index in [1.165, 1.54) is 0 Å². The Kier molecular flexibility index (Phi) is 9.06. The number of nitrogens with one attached hydrogen (secondary N) is 1. The van der Waals surface area contributed by atoms with Crippen LogP contribution in [-0.4, -0.2) is 28.8 Å². The maximum absolute atomic E-state index is 13.9. The molecule has 3 aromatic carbocycles. The molecule has 0 saturated heterocycles. The first kappa shape index (κ1) is 26.2. The van der Waals surface area contributed by atoms with Gasteiger partial charge in [-0.1, -0.05) is 96.7 Å². The van der Waals surface area contributed by atoms with Crippen molar-refractivity contribution in [2.24, 2.45) is 0 Å². The second kappa shape index (κ2) is 12.4. The van der Waals surface area contributed by atoms with E-state index in [9.17, 15) is 9.59 Å². The van der Waals surface area contributed by atoms with Crippen molar-refractivity contribution in [3.63, 3.8) is 0 Å². The lowest BCUT2D eigenvalue weighted by Gasteiger charge is -2.33. The van der Waals surface area contributed by atoms with Gasteiger partial charge in [0.15, 0.2) is 0 Å². The number of halogens is 2. The second-order valence-corrected chi connectivity index (χ2v) is 10.4. The van der Waals surface area contributed by atoms with Gasteiger partial charge in [-0.3, -0.25) is 9.59 Å². The molecule has 0 bridgehead atoms. The fraction of sp³-hybridized carbons (Fsp3) is 0.333. The van der Waals surface area contributed by atoms with Crippen LogP contribution >= 0.6 is 23.2 Å². The average molecular weight is 524 g/mol. The summed E-state index contributed by atoms with van der Waals surface area (Å²) in [5, 5.41) is 4.24. The van der Waals surface area contributed by atoms with Gasteiger partial charge < -0.3 is 10.2 Å². The van der Waals surface area contributed by atoms with Crippen LogP contribution in [0.4, 0.5) is 0 Å². The third-order valence-electron chi connectivity index (χ3n) is 6.93. The van der Waals surface area contributed by atoms with E-state index in [1.807, 2.05) is 67.6 Å². The molecule has 4 nitrogen and oxygen atoms in total. The highest BCUT2D eigenvalue weighted by Crippen LogP contribution is 2.25. The average Bonchev–Trinajstić information content (AvgIpc) is 3.37. The highest BCUT2D eigenvalue weighted by Gasteiger charge is 2.32. The quantitative estimate of drug-likeness (QED) is 0.346. The minimum atomic E-state index is -0.670. The molecule has 0 aromatic heterocycles. The fourth-order valence-electron chi connectivity index (χ4n) is 4.83. The first-order valence-corrected chi connectivity index (χ1v) is 13.3. The smallest absolute Gasteiger partial charge is 0.243 e. The monoisotopic (exact) mass is 522 g/mol. The van der Waals surface area contributed by atoms with Gasteiger partial charge in [-0.15, -0.1) is 0 Å². The molecule has 1 atom stereocenters. The van der Waals surface area contributed by atoms with Gasteiger partial charge in [-0.25, -0.2) is 0 Å². The van der Waals surface area contributed by atoms with Crippen molar-refractivity contribution in [2.75, 3.05) is 0 Å². The minimum absolute atomic E-state index is 0.113. The zero-order chi connectivity index (χ0) is 25.5. The number of aryl methyl sites for hydroxylation is 1. The molecule has 1 aliphatic carbocycles. The standard InChI is InChI=1S/C30H32Cl2N2O2/c1-21-9-5-6-12-23(21)18-29(35)34(20-24-15-16-25(31)19-27(24)32)28(17-22-10-3-2-4-11-22)30(36)33-26-13-7-8-14-26/h2-6,9-12,15-16,19,26,28H,7-8,13-14,17-18,20H2,1H3,(H,33,36)/t28-/m0/s1. The highest BCUT2D eigenvalue weighted by molar-refractivity contribution is 6.35. The van der Waals surface area contributed by atoms with Crippen LogP contribution in [0.15, 0.2) is 72.8 Å². The molecule has 1 saturated carbocycles. The molecule has 6 heteroatoms. The van der Waals surface area contributed by atoms with Crippen LogP contribution in [0.3, 0.4) is 0 Å². The van der Waals surface area contributed by atoms with Crippen molar-refractivity contribution in [2.45, 2.75) is 64.1 Å². The summed E-state index contributed by atoms with van der Waals surface area (Å²) in [6.07, 6.45) is 4.81. The lowest BCUT2D eigenvalue weighted by Crippen LogP contribution is -2.52. The number of rotatable bonds is 9. The maximum atomic E-state index is 13.9. The van der Waals surface area contributed by atoms with Gasteiger partial charge in [0.1, 0.15) is 6.04 Å². The lowest BCUT2D eigenvalue weighted by atomic mass is 10.00. The summed E-state index contributed by atoms with van der Waals surface area (Å²) in [5.41, 5.74) is 3.75. The summed E-state index contributed by atoms with van der Waals surface area (Å²) in [5.74, 6) is -0.230. The zero-order valence-electron chi connectivity index (χ0n) is 20.6. The molecule has 188 valence electrons. The molecule has 0 aliphatic heterocycles. The van der Waals surface area contributed by atoms with Gasteiger partial charge in [0.25, 0.3) is 0 Å². The SMILES string of the molecule is Cc1ccccc1CC(=O)N(Cc1ccc(Cl)cc1Cl)[C@@H](Cc1ccccc1)C(=O)NC1CCCC1. The third kappa shape index (κ3) is 6.89. The first-order valence-electron chi connectivity index (χ1n) is 12.5. The predicted molar refractivity (Wildman–Crippen MR) is 146 cm³/mol. The molecular weight excluding hydrogens is 491 g/mol. The molecule has 36 heavy (non-hydrogen) atoms. The van der Waals surface area contributed by atoms with Crippen LogP contribution < -0.4 is 5.32 Å². The van der Waals surface area contributed by atoms with E-state index in [2.05, 4.69) is 5.32 Å². The van der Waals surface area contributed by atoms with E-state index in [0.29, 0.717) is 16.5 Å². The normalized spacial score (nSPS) is 14.4. The molecular formula is C30H32Cl2N2O2. The number of amides is 2. The Labute approximate surface area is 223 Å². The zero-order valence-corrected chi connectivity index (χ0v) is 22.1. The van der Waals surface area contributed by atoms with Gasteiger partial charge in [-0.05, 0) is 54.2 Å². The van der Waals surface area contributed by atoms with E-state index in [-0.39, 0.29) is 30.8 Å². The van der Waals surface area contributed by atoms with Crippen molar-refractivity contribution in [1.29, 1.82) is 0 Å². The van der Waals surface area contributed by atoms with Crippen LogP contribution in [0.1, 0.15) is 47.9 Å². The molecule has 4 rings (SSSR count). The number of carbonyl (C=O) groups excluding carboxylic acids is 2. The van der Waals surface area contributed by atoms with Crippen LogP contribution in [0.2, 0.25) is 10.0 Å². The van der Waals surface area contributed by atoms with E-state index in [4.69, 9.17) is 23.2 Å².